The van der Waals surface area contributed by atoms with Crippen LogP contribution in [0.2, 0.25) is 0 Å². The van der Waals surface area contributed by atoms with E-state index in [-0.39, 0.29) is 0 Å². The Morgan fingerprint density at radius 1 is 1.23 bits per heavy atom. The summed E-state index contributed by atoms with van der Waals surface area (Å²) >= 11 is 1.73. The minimum atomic E-state index is -2.75. The van der Waals surface area contributed by atoms with Gasteiger partial charge in [0.05, 0.1) is 22.2 Å². The molecule has 1 aliphatic heterocycles. The highest BCUT2D eigenvalue weighted by atomic mass is 32.2. The third kappa shape index (κ3) is 3.58. The van der Waals surface area contributed by atoms with Gasteiger partial charge in [0.1, 0.15) is 0 Å². The molecule has 3 nitrogen and oxygen atoms in total. The highest BCUT2D eigenvalue weighted by Crippen LogP contribution is 2.28. The summed E-state index contributed by atoms with van der Waals surface area (Å²) in [5.41, 5.74) is 3.52. The van der Waals surface area contributed by atoms with E-state index in [1.807, 2.05) is 6.92 Å². The molecule has 1 aromatic heterocycles. The second-order valence-electron chi connectivity index (χ2n) is 6.14. The van der Waals surface area contributed by atoms with Gasteiger partial charge in [0.2, 0.25) is 0 Å². The summed E-state index contributed by atoms with van der Waals surface area (Å²) in [6.45, 7) is 4.14. The standard InChI is InChI=1S/C17H21NO2S2/c1-12-17(18-13(2)21-12)16-7-5-14(6-8-16)3-4-15-9-10-22(19,20)11-15/h5-8,15H,3-4,9-11H2,1-2H3/t15-/m0/s1. The summed E-state index contributed by atoms with van der Waals surface area (Å²) in [6, 6.07) is 8.55. The first-order valence-electron chi connectivity index (χ1n) is 7.67. The Kier molecular flexibility index (Phi) is 4.37. The van der Waals surface area contributed by atoms with E-state index in [9.17, 15) is 8.42 Å². The summed E-state index contributed by atoms with van der Waals surface area (Å²) < 4.78 is 23.0. The molecule has 0 bridgehead atoms. The number of nitrogens with zero attached hydrogens (tertiary/aromatic N) is 1. The molecule has 1 aliphatic rings. The van der Waals surface area contributed by atoms with Crippen molar-refractivity contribution < 1.29 is 8.42 Å². The summed E-state index contributed by atoms with van der Waals surface area (Å²) in [7, 11) is -2.75. The molecule has 0 aliphatic carbocycles. The predicted molar refractivity (Wildman–Crippen MR) is 92.1 cm³/mol. The predicted octanol–water partition coefficient (Wildman–Crippen LogP) is 3.79. The van der Waals surface area contributed by atoms with Gasteiger partial charge in [-0.25, -0.2) is 13.4 Å². The van der Waals surface area contributed by atoms with Gasteiger partial charge >= 0.3 is 0 Å². The molecule has 0 radical (unpaired) electrons. The second kappa shape index (κ2) is 6.13. The molecular formula is C17H21NO2S2. The second-order valence-corrected chi connectivity index (χ2v) is 9.78. The van der Waals surface area contributed by atoms with Gasteiger partial charge in [0, 0.05) is 10.4 Å². The van der Waals surface area contributed by atoms with Crippen LogP contribution in [0.5, 0.6) is 0 Å². The van der Waals surface area contributed by atoms with Gasteiger partial charge in [0.25, 0.3) is 0 Å². The van der Waals surface area contributed by atoms with Gasteiger partial charge in [-0.2, -0.15) is 0 Å². The van der Waals surface area contributed by atoms with Crippen molar-refractivity contribution in [3.63, 3.8) is 0 Å². The Hall–Kier alpha value is -1.20. The lowest BCUT2D eigenvalue weighted by Gasteiger charge is -2.08. The Morgan fingerprint density at radius 2 is 1.95 bits per heavy atom. The van der Waals surface area contributed by atoms with Gasteiger partial charge in [-0.3, -0.25) is 0 Å². The summed E-state index contributed by atoms with van der Waals surface area (Å²) in [6.07, 6.45) is 2.75. The molecule has 0 saturated carbocycles. The molecule has 118 valence electrons. The number of hydrogen-bond acceptors (Lipinski definition) is 4. The zero-order valence-electron chi connectivity index (χ0n) is 13.0. The van der Waals surface area contributed by atoms with Crippen LogP contribution < -0.4 is 0 Å². The molecule has 0 unspecified atom stereocenters. The van der Waals surface area contributed by atoms with E-state index < -0.39 is 9.84 Å². The lowest BCUT2D eigenvalue weighted by atomic mass is 9.98. The fourth-order valence-electron chi connectivity index (χ4n) is 3.10. The maximum Gasteiger partial charge on any atom is 0.150 e. The van der Waals surface area contributed by atoms with Crippen LogP contribution >= 0.6 is 11.3 Å². The first-order chi connectivity index (χ1) is 10.4. The monoisotopic (exact) mass is 335 g/mol. The Balaban J connectivity index is 1.64. The van der Waals surface area contributed by atoms with Crippen molar-refractivity contribution >= 4 is 21.2 Å². The van der Waals surface area contributed by atoms with Crippen LogP contribution in [0.4, 0.5) is 0 Å². The van der Waals surface area contributed by atoms with Crippen LogP contribution in [0.1, 0.15) is 28.3 Å². The molecule has 2 aromatic rings. The van der Waals surface area contributed by atoms with Gasteiger partial charge in [0.15, 0.2) is 9.84 Å². The smallest absolute Gasteiger partial charge is 0.150 e. The Bertz CT molecular complexity index is 760. The fraction of sp³-hybridized carbons (Fsp3) is 0.471. The normalized spacial score (nSPS) is 20.4. The van der Waals surface area contributed by atoms with Gasteiger partial charge in [-0.15, -0.1) is 11.3 Å². The molecule has 5 heteroatoms. The Morgan fingerprint density at radius 3 is 2.50 bits per heavy atom. The van der Waals surface area contributed by atoms with E-state index in [1.165, 1.54) is 10.4 Å². The van der Waals surface area contributed by atoms with Crippen molar-refractivity contribution in [2.45, 2.75) is 33.1 Å². The van der Waals surface area contributed by atoms with Crippen LogP contribution in [0.15, 0.2) is 24.3 Å². The first-order valence-corrected chi connectivity index (χ1v) is 10.3. The molecule has 1 fully saturated rings. The zero-order valence-corrected chi connectivity index (χ0v) is 14.6. The van der Waals surface area contributed by atoms with Crippen LogP contribution in [0.25, 0.3) is 11.3 Å². The molecule has 0 N–H and O–H groups in total. The van der Waals surface area contributed by atoms with E-state index >= 15 is 0 Å². The number of thiazole rings is 1. The molecule has 1 aromatic carbocycles. The number of aromatic nitrogens is 1. The highest BCUT2D eigenvalue weighted by Gasteiger charge is 2.27. The molecule has 1 atom stereocenters. The maximum absolute atomic E-state index is 11.5. The van der Waals surface area contributed by atoms with E-state index in [1.54, 1.807) is 11.3 Å². The van der Waals surface area contributed by atoms with Crippen molar-refractivity contribution in [3.05, 3.63) is 39.7 Å². The van der Waals surface area contributed by atoms with E-state index in [0.29, 0.717) is 17.4 Å². The molecule has 2 heterocycles. The molecular weight excluding hydrogens is 314 g/mol. The number of rotatable bonds is 4. The van der Waals surface area contributed by atoms with Crippen LogP contribution in [-0.4, -0.2) is 24.9 Å². The summed E-state index contributed by atoms with van der Waals surface area (Å²) in [5.74, 6) is 1.09. The summed E-state index contributed by atoms with van der Waals surface area (Å²) in [4.78, 5) is 5.84. The van der Waals surface area contributed by atoms with Crippen molar-refractivity contribution in [1.29, 1.82) is 0 Å². The number of sulfone groups is 1. The van der Waals surface area contributed by atoms with Crippen LogP contribution in [0.3, 0.4) is 0 Å². The third-order valence-electron chi connectivity index (χ3n) is 4.30. The molecule has 1 saturated heterocycles. The summed E-state index contributed by atoms with van der Waals surface area (Å²) in [5, 5.41) is 1.10. The molecule has 3 rings (SSSR count). The molecule has 0 spiro atoms. The lowest BCUT2D eigenvalue weighted by molar-refractivity contribution is 0.542. The SMILES string of the molecule is Cc1nc(-c2ccc(CC[C@H]3CCS(=O)(=O)C3)cc2)c(C)s1. The van der Waals surface area contributed by atoms with Crippen molar-refractivity contribution in [1.82, 2.24) is 4.98 Å². The number of hydrogen-bond donors (Lipinski definition) is 0. The fourth-order valence-corrected chi connectivity index (χ4v) is 5.85. The van der Waals surface area contributed by atoms with E-state index in [2.05, 4.69) is 36.2 Å². The van der Waals surface area contributed by atoms with Crippen LogP contribution in [0, 0.1) is 19.8 Å². The minimum absolute atomic E-state index is 0.341. The Labute approximate surface area is 136 Å². The topological polar surface area (TPSA) is 47.0 Å². The zero-order chi connectivity index (χ0) is 15.7. The maximum atomic E-state index is 11.5. The molecule has 0 amide bonds. The van der Waals surface area contributed by atoms with Gasteiger partial charge in [-0.1, -0.05) is 24.3 Å². The van der Waals surface area contributed by atoms with Crippen LogP contribution in [-0.2, 0) is 16.3 Å². The number of aryl methyl sites for hydroxylation is 3. The third-order valence-corrected chi connectivity index (χ3v) is 7.02. The average molecular weight is 335 g/mol. The van der Waals surface area contributed by atoms with Gasteiger partial charge in [-0.05, 0) is 44.6 Å². The first kappa shape index (κ1) is 15.7. The molecule has 22 heavy (non-hydrogen) atoms. The highest BCUT2D eigenvalue weighted by molar-refractivity contribution is 7.91. The largest absolute Gasteiger partial charge is 0.241 e. The van der Waals surface area contributed by atoms with Crippen molar-refractivity contribution in [2.24, 2.45) is 5.92 Å². The van der Waals surface area contributed by atoms with Crippen molar-refractivity contribution in [3.8, 4) is 11.3 Å². The average Bonchev–Trinajstić information content (AvgIpc) is 2.99. The number of benzene rings is 1. The lowest BCUT2D eigenvalue weighted by Crippen LogP contribution is -2.05. The van der Waals surface area contributed by atoms with Gasteiger partial charge < -0.3 is 0 Å². The van der Waals surface area contributed by atoms with Crippen molar-refractivity contribution in [2.75, 3.05) is 11.5 Å². The van der Waals surface area contributed by atoms with E-state index in [4.69, 9.17) is 0 Å². The minimum Gasteiger partial charge on any atom is -0.241 e. The van der Waals surface area contributed by atoms with E-state index in [0.717, 1.165) is 35.5 Å². The quantitative estimate of drug-likeness (QED) is 0.854.